The number of hydrogen-bond donors (Lipinski definition) is 1. The number of fused-ring (bicyclic) bond motifs is 1. The van der Waals surface area contributed by atoms with Gasteiger partial charge in [-0.25, -0.2) is 0 Å². The van der Waals surface area contributed by atoms with Crippen molar-refractivity contribution in [1.82, 2.24) is 0 Å². The van der Waals surface area contributed by atoms with Gasteiger partial charge in [-0.05, 0) is 62.8 Å². The molecule has 1 aromatic rings. The highest BCUT2D eigenvalue weighted by Crippen LogP contribution is 2.47. The number of hydrogen-bond acceptors (Lipinski definition) is 4. The van der Waals surface area contributed by atoms with Crippen LogP contribution in [-0.4, -0.2) is 23.9 Å². The summed E-state index contributed by atoms with van der Waals surface area (Å²) in [4.78, 5) is 27.0. The van der Waals surface area contributed by atoms with Crippen molar-refractivity contribution in [3.8, 4) is 0 Å². The first-order chi connectivity index (χ1) is 12.6. The van der Waals surface area contributed by atoms with E-state index in [0.717, 1.165) is 55.5 Å². The zero-order valence-electron chi connectivity index (χ0n) is 16.1. The van der Waals surface area contributed by atoms with Crippen molar-refractivity contribution in [2.24, 2.45) is 5.10 Å². The number of benzene rings is 1. The number of amides is 1. The third kappa shape index (κ3) is 3.04. The highest BCUT2D eigenvalue weighted by atomic mass is 16.2. The monoisotopic (exact) mass is 355 g/mol. The Labute approximate surface area is 155 Å². The molecule has 1 fully saturated rings. The van der Waals surface area contributed by atoms with Gasteiger partial charge in [0, 0.05) is 18.7 Å². The van der Waals surface area contributed by atoms with Gasteiger partial charge in [0.1, 0.15) is 5.71 Å². The number of hydrazone groups is 1. The van der Waals surface area contributed by atoms with Crippen LogP contribution >= 0.6 is 0 Å². The predicted molar refractivity (Wildman–Crippen MR) is 106 cm³/mol. The fraction of sp³-hybridized carbons (Fsp3) is 0.571. The number of ketones is 1. The molecule has 5 nitrogen and oxygen atoms in total. The maximum Gasteiger partial charge on any atom is 0.237 e. The lowest BCUT2D eigenvalue weighted by atomic mass is 9.77. The van der Waals surface area contributed by atoms with Crippen LogP contribution in [0.4, 0.5) is 11.4 Å². The van der Waals surface area contributed by atoms with Crippen LogP contribution in [0.25, 0.3) is 0 Å². The number of carbonyl (C=O) groups is 2. The Morgan fingerprint density at radius 1 is 1.08 bits per heavy atom. The van der Waals surface area contributed by atoms with Crippen molar-refractivity contribution in [2.45, 2.75) is 71.1 Å². The zero-order chi connectivity index (χ0) is 18.7. The van der Waals surface area contributed by atoms with Gasteiger partial charge in [-0.2, -0.15) is 5.10 Å². The molecule has 3 rings (SSSR count). The van der Waals surface area contributed by atoms with Gasteiger partial charge in [-0.3, -0.25) is 15.0 Å². The van der Waals surface area contributed by atoms with Crippen LogP contribution in [0.1, 0.15) is 71.3 Å². The van der Waals surface area contributed by atoms with E-state index in [1.165, 1.54) is 0 Å². The van der Waals surface area contributed by atoms with E-state index >= 15 is 0 Å². The lowest BCUT2D eigenvalue weighted by Crippen LogP contribution is -2.39. The first kappa shape index (κ1) is 18.6. The molecule has 0 spiro atoms. The molecule has 140 valence electrons. The van der Waals surface area contributed by atoms with Gasteiger partial charge in [-0.15, -0.1) is 0 Å². The topological polar surface area (TPSA) is 61.8 Å². The molecule has 5 heteroatoms. The minimum absolute atomic E-state index is 0.153. The molecule has 1 heterocycles. The Hall–Kier alpha value is -2.17. The first-order valence-electron chi connectivity index (χ1n) is 9.89. The van der Waals surface area contributed by atoms with Crippen LogP contribution in [0.2, 0.25) is 0 Å². The summed E-state index contributed by atoms with van der Waals surface area (Å²) in [6.07, 6.45) is 5.97. The SMILES string of the molecule is CCN1C(=O)C(CC)(CC)c2cc(N/N=C3\CCCCCC3=O)ccc21. The van der Waals surface area contributed by atoms with Gasteiger partial charge >= 0.3 is 0 Å². The first-order valence-corrected chi connectivity index (χ1v) is 9.89. The fourth-order valence-electron chi connectivity index (χ4n) is 4.24. The molecular formula is C21H29N3O2. The number of rotatable bonds is 5. The smallest absolute Gasteiger partial charge is 0.237 e. The Balaban J connectivity index is 1.92. The van der Waals surface area contributed by atoms with Crippen molar-refractivity contribution in [1.29, 1.82) is 0 Å². The summed E-state index contributed by atoms with van der Waals surface area (Å²) in [5, 5.41) is 4.40. The van der Waals surface area contributed by atoms with Crippen LogP contribution in [0, 0.1) is 0 Å². The Morgan fingerprint density at radius 2 is 1.81 bits per heavy atom. The molecule has 1 N–H and O–H groups in total. The van der Waals surface area contributed by atoms with Crippen LogP contribution < -0.4 is 10.3 Å². The number of Topliss-reactive ketones (excluding diaryl/α,β-unsaturated/α-hetero) is 1. The summed E-state index contributed by atoms with van der Waals surface area (Å²) in [6.45, 7) is 6.85. The van der Waals surface area contributed by atoms with Crippen LogP contribution in [0.5, 0.6) is 0 Å². The van der Waals surface area contributed by atoms with Crippen molar-refractivity contribution >= 4 is 28.8 Å². The largest absolute Gasteiger partial charge is 0.312 e. The van der Waals surface area contributed by atoms with E-state index in [4.69, 9.17) is 0 Å². The minimum atomic E-state index is -0.450. The molecule has 0 saturated heterocycles. The summed E-state index contributed by atoms with van der Waals surface area (Å²) in [7, 11) is 0. The average molecular weight is 355 g/mol. The van der Waals surface area contributed by atoms with Gasteiger partial charge in [-0.1, -0.05) is 20.3 Å². The summed E-state index contributed by atoms with van der Waals surface area (Å²) in [6, 6.07) is 5.99. The van der Waals surface area contributed by atoms with Gasteiger partial charge in [0.05, 0.1) is 11.1 Å². The van der Waals surface area contributed by atoms with E-state index in [1.54, 1.807) is 0 Å². The normalized spacial score (nSPS) is 21.0. The second-order valence-electron chi connectivity index (χ2n) is 7.22. The van der Waals surface area contributed by atoms with Gasteiger partial charge in [0.2, 0.25) is 5.91 Å². The van der Waals surface area contributed by atoms with E-state index in [9.17, 15) is 9.59 Å². The van der Waals surface area contributed by atoms with Crippen molar-refractivity contribution in [3.63, 3.8) is 0 Å². The van der Waals surface area contributed by atoms with E-state index in [1.807, 2.05) is 30.0 Å². The Bertz CT molecular complexity index is 735. The highest BCUT2D eigenvalue weighted by Gasteiger charge is 2.47. The predicted octanol–water partition coefficient (Wildman–Crippen LogP) is 4.41. The van der Waals surface area contributed by atoms with Crippen molar-refractivity contribution in [3.05, 3.63) is 23.8 Å². The molecule has 1 aliphatic carbocycles. The molecule has 1 aromatic carbocycles. The molecule has 0 unspecified atom stereocenters. The Morgan fingerprint density at radius 3 is 2.50 bits per heavy atom. The highest BCUT2D eigenvalue weighted by molar-refractivity contribution is 6.40. The lowest BCUT2D eigenvalue weighted by molar-refractivity contribution is -0.123. The zero-order valence-corrected chi connectivity index (χ0v) is 16.1. The van der Waals surface area contributed by atoms with E-state index in [2.05, 4.69) is 24.4 Å². The average Bonchev–Trinajstić information content (AvgIpc) is 2.75. The third-order valence-corrected chi connectivity index (χ3v) is 5.94. The molecule has 1 amide bonds. The van der Waals surface area contributed by atoms with Crippen LogP contribution in [0.3, 0.4) is 0 Å². The second-order valence-corrected chi connectivity index (χ2v) is 7.22. The number of likely N-dealkylation sites (N-methyl/N-ethyl adjacent to an activating group) is 1. The molecule has 1 aliphatic heterocycles. The molecule has 0 radical (unpaired) electrons. The van der Waals surface area contributed by atoms with Gasteiger partial charge in [0.15, 0.2) is 5.78 Å². The summed E-state index contributed by atoms with van der Waals surface area (Å²) in [5.74, 6) is 0.349. The number of anilines is 2. The summed E-state index contributed by atoms with van der Waals surface area (Å²) in [5.41, 5.74) is 6.19. The molecule has 0 aromatic heterocycles. The molecule has 2 aliphatic rings. The second kappa shape index (κ2) is 7.60. The van der Waals surface area contributed by atoms with Crippen LogP contribution in [-0.2, 0) is 15.0 Å². The number of nitrogens with one attached hydrogen (secondary N) is 1. The molecule has 1 saturated carbocycles. The third-order valence-electron chi connectivity index (χ3n) is 5.94. The van der Waals surface area contributed by atoms with E-state index in [-0.39, 0.29) is 11.7 Å². The summed E-state index contributed by atoms with van der Waals surface area (Å²) >= 11 is 0. The van der Waals surface area contributed by atoms with E-state index in [0.29, 0.717) is 18.7 Å². The van der Waals surface area contributed by atoms with Crippen molar-refractivity contribution < 1.29 is 9.59 Å². The maximum absolute atomic E-state index is 13.0. The minimum Gasteiger partial charge on any atom is -0.312 e. The molecule has 0 atom stereocenters. The maximum atomic E-state index is 13.0. The number of carbonyl (C=O) groups excluding carboxylic acids is 2. The van der Waals surface area contributed by atoms with E-state index < -0.39 is 5.41 Å². The summed E-state index contributed by atoms with van der Waals surface area (Å²) < 4.78 is 0. The van der Waals surface area contributed by atoms with Crippen molar-refractivity contribution in [2.75, 3.05) is 16.9 Å². The molecule has 26 heavy (non-hydrogen) atoms. The molecular weight excluding hydrogens is 326 g/mol. The lowest BCUT2D eigenvalue weighted by Gasteiger charge is -2.25. The standard InChI is InChI=1S/C21H29N3O2/c1-4-21(5-2)16-14-15(12-13-18(16)24(6-3)20(21)26)22-23-17-10-8-7-9-11-19(17)25/h12-14,22H,4-11H2,1-3H3/b23-17+. The quantitative estimate of drug-likeness (QED) is 0.628. The fourth-order valence-corrected chi connectivity index (χ4v) is 4.24. The van der Waals surface area contributed by atoms with Gasteiger partial charge < -0.3 is 4.90 Å². The number of nitrogens with zero attached hydrogens (tertiary/aromatic N) is 2. The Kier molecular flexibility index (Phi) is 5.44. The van der Waals surface area contributed by atoms with Gasteiger partial charge in [0.25, 0.3) is 0 Å². The van der Waals surface area contributed by atoms with Crippen LogP contribution in [0.15, 0.2) is 23.3 Å². The molecule has 0 bridgehead atoms.